The van der Waals surface area contributed by atoms with Gasteiger partial charge in [-0.05, 0) is 37.0 Å². The number of oxime groups is 1. The topological polar surface area (TPSA) is 83.5 Å². The van der Waals surface area contributed by atoms with E-state index >= 15 is 0 Å². The minimum Gasteiger partial charge on any atom is -0.409 e. The van der Waals surface area contributed by atoms with Crippen molar-refractivity contribution in [3.63, 3.8) is 0 Å². The van der Waals surface area contributed by atoms with Crippen LogP contribution in [0.5, 0.6) is 0 Å². The maximum atomic E-state index is 8.63. The van der Waals surface area contributed by atoms with E-state index in [0.29, 0.717) is 11.7 Å². The number of rotatable bonds is 7. The van der Waals surface area contributed by atoms with E-state index < -0.39 is 0 Å². The molecule has 19 heavy (non-hydrogen) atoms. The smallest absolute Gasteiger partial charge is 0.188 e. The predicted octanol–water partition coefficient (Wildman–Crippen LogP) is 2.09. The van der Waals surface area contributed by atoms with Gasteiger partial charge in [-0.3, -0.25) is 4.98 Å². The lowest BCUT2D eigenvalue weighted by Crippen LogP contribution is -2.27. The second kappa shape index (κ2) is 7.74. The van der Waals surface area contributed by atoms with Crippen LogP contribution < -0.4 is 11.1 Å². The molecular formula is C14H24N4O. The molecule has 1 rings (SSSR count). The zero-order valence-electron chi connectivity index (χ0n) is 11.9. The van der Waals surface area contributed by atoms with Gasteiger partial charge in [-0.15, -0.1) is 0 Å². The van der Waals surface area contributed by atoms with Gasteiger partial charge < -0.3 is 16.3 Å². The molecule has 1 heterocycles. The van der Waals surface area contributed by atoms with E-state index in [1.54, 1.807) is 6.20 Å². The van der Waals surface area contributed by atoms with Crippen LogP contribution >= 0.6 is 0 Å². The molecule has 106 valence electrons. The highest BCUT2D eigenvalue weighted by molar-refractivity contribution is 5.95. The van der Waals surface area contributed by atoms with Crippen LogP contribution in [0.4, 0.5) is 0 Å². The summed E-state index contributed by atoms with van der Waals surface area (Å²) < 4.78 is 0. The molecule has 0 bridgehead atoms. The Bertz CT molecular complexity index is 420. The largest absolute Gasteiger partial charge is 0.409 e. The minimum absolute atomic E-state index is 0.0366. The first-order valence-electron chi connectivity index (χ1n) is 6.73. The fraction of sp³-hybridized carbons (Fsp3) is 0.571. The summed E-state index contributed by atoms with van der Waals surface area (Å²) in [5.74, 6) is 0.766. The molecule has 2 unspecified atom stereocenters. The number of nitrogens with zero attached hydrogens (tertiary/aromatic N) is 2. The molecule has 5 heteroatoms. The molecule has 2 atom stereocenters. The summed E-state index contributed by atoms with van der Waals surface area (Å²) in [5.41, 5.74) is 7.09. The molecule has 0 aliphatic heterocycles. The molecule has 0 amide bonds. The zero-order valence-corrected chi connectivity index (χ0v) is 11.9. The van der Waals surface area contributed by atoms with Crippen molar-refractivity contribution in [2.24, 2.45) is 16.8 Å². The zero-order chi connectivity index (χ0) is 14.3. The molecule has 5 nitrogen and oxygen atoms in total. The van der Waals surface area contributed by atoms with Crippen LogP contribution in [0.1, 0.15) is 44.9 Å². The third-order valence-electron chi connectivity index (χ3n) is 3.30. The van der Waals surface area contributed by atoms with Gasteiger partial charge in [-0.25, -0.2) is 0 Å². The Morgan fingerprint density at radius 1 is 1.53 bits per heavy atom. The van der Waals surface area contributed by atoms with Crippen LogP contribution in [0.15, 0.2) is 23.5 Å². The Balaban J connectivity index is 2.54. The second-order valence-corrected chi connectivity index (χ2v) is 5.07. The van der Waals surface area contributed by atoms with E-state index in [2.05, 4.69) is 36.2 Å². The Morgan fingerprint density at radius 3 is 2.89 bits per heavy atom. The summed E-state index contributed by atoms with van der Waals surface area (Å²) in [6, 6.07) is 4.23. The average Bonchev–Trinajstić information content (AvgIpc) is 2.44. The highest BCUT2D eigenvalue weighted by Gasteiger charge is 2.07. The van der Waals surface area contributed by atoms with Gasteiger partial charge in [0.2, 0.25) is 0 Å². The van der Waals surface area contributed by atoms with E-state index in [4.69, 9.17) is 10.9 Å². The van der Waals surface area contributed by atoms with Crippen LogP contribution in [-0.4, -0.2) is 22.1 Å². The molecule has 4 N–H and O–H groups in total. The first kappa shape index (κ1) is 15.4. The molecular weight excluding hydrogens is 240 g/mol. The minimum atomic E-state index is 0.0366. The molecule has 1 aromatic rings. The standard InChI is InChI=1S/C14H24N4O/c1-4-10(2)7-11(3)17-9-12-5-6-16-13(8-12)14(15)18-19/h5-6,8,10-11,17,19H,4,7,9H2,1-3H3,(H2,15,18). The number of hydrogen-bond acceptors (Lipinski definition) is 4. The summed E-state index contributed by atoms with van der Waals surface area (Å²) in [7, 11) is 0. The number of aromatic nitrogens is 1. The molecule has 1 aromatic heterocycles. The molecule has 0 aliphatic rings. The van der Waals surface area contributed by atoms with Crippen LogP contribution in [-0.2, 0) is 6.54 Å². The normalized spacial score (nSPS) is 15.2. The number of pyridine rings is 1. The number of nitrogens with two attached hydrogens (primary N) is 1. The fourth-order valence-corrected chi connectivity index (χ4v) is 1.92. The highest BCUT2D eigenvalue weighted by Crippen LogP contribution is 2.10. The SMILES string of the molecule is CCC(C)CC(C)NCc1ccnc(C(N)=NO)c1. The van der Waals surface area contributed by atoms with E-state index in [9.17, 15) is 0 Å². The highest BCUT2D eigenvalue weighted by atomic mass is 16.4. The van der Waals surface area contributed by atoms with Gasteiger partial charge in [-0.1, -0.05) is 25.4 Å². The summed E-state index contributed by atoms with van der Waals surface area (Å²) in [4.78, 5) is 4.06. The van der Waals surface area contributed by atoms with Crippen molar-refractivity contribution in [3.8, 4) is 0 Å². The number of nitrogens with one attached hydrogen (secondary N) is 1. The van der Waals surface area contributed by atoms with Crippen molar-refractivity contribution in [3.05, 3.63) is 29.6 Å². The third kappa shape index (κ3) is 5.26. The van der Waals surface area contributed by atoms with Gasteiger partial charge in [0.05, 0.1) is 0 Å². The second-order valence-electron chi connectivity index (χ2n) is 5.07. The molecule has 0 radical (unpaired) electrons. The van der Waals surface area contributed by atoms with Crippen molar-refractivity contribution >= 4 is 5.84 Å². The Labute approximate surface area is 114 Å². The summed E-state index contributed by atoms with van der Waals surface area (Å²) in [6.45, 7) is 7.42. The first-order valence-corrected chi connectivity index (χ1v) is 6.73. The van der Waals surface area contributed by atoms with Crippen LogP contribution in [0, 0.1) is 5.92 Å². The van der Waals surface area contributed by atoms with E-state index in [1.807, 2.05) is 12.1 Å². The van der Waals surface area contributed by atoms with Gasteiger partial charge in [0.25, 0.3) is 0 Å². The summed E-state index contributed by atoms with van der Waals surface area (Å²) >= 11 is 0. The van der Waals surface area contributed by atoms with Crippen molar-refractivity contribution in [2.45, 2.75) is 46.2 Å². The number of amidine groups is 1. The third-order valence-corrected chi connectivity index (χ3v) is 3.30. The van der Waals surface area contributed by atoms with Gasteiger partial charge in [0.15, 0.2) is 5.84 Å². The lowest BCUT2D eigenvalue weighted by atomic mass is 10.0. The monoisotopic (exact) mass is 264 g/mol. The van der Waals surface area contributed by atoms with Gasteiger partial charge in [0.1, 0.15) is 5.69 Å². The van der Waals surface area contributed by atoms with Crippen molar-refractivity contribution in [2.75, 3.05) is 0 Å². The molecule has 0 aliphatic carbocycles. The van der Waals surface area contributed by atoms with Crippen LogP contribution in [0.2, 0.25) is 0 Å². The molecule has 0 aromatic carbocycles. The van der Waals surface area contributed by atoms with Crippen LogP contribution in [0.25, 0.3) is 0 Å². The Hall–Kier alpha value is -1.62. The maximum absolute atomic E-state index is 8.63. The van der Waals surface area contributed by atoms with E-state index in [0.717, 1.165) is 24.4 Å². The molecule has 0 saturated carbocycles. The Kier molecular flexibility index (Phi) is 6.29. The van der Waals surface area contributed by atoms with Crippen molar-refractivity contribution < 1.29 is 5.21 Å². The number of hydrogen-bond donors (Lipinski definition) is 3. The Morgan fingerprint density at radius 2 is 2.26 bits per heavy atom. The molecule has 0 saturated heterocycles. The maximum Gasteiger partial charge on any atom is 0.188 e. The average molecular weight is 264 g/mol. The quantitative estimate of drug-likeness (QED) is 0.305. The fourth-order valence-electron chi connectivity index (χ4n) is 1.92. The van der Waals surface area contributed by atoms with Crippen LogP contribution in [0.3, 0.4) is 0 Å². The lowest BCUT2D eigenvalue weighted by Gasteiger charge is -2.17. The first-order chi connectivity index (χ1) is 9.06. The van der Waals surface area contributed by atoms with Crippen molar-refractivity contribution in [1.29, 1.82) is 0 Å². The summed E-state index contributed by atoms with van der Waals surface area (Å²) in [6.07, 6.45) is 4.04. The van der Waals surface area contributed by atoms with Crippen molar-refractivity contribution in [1.82, 2.24) is 10.3 Å². The van der Waals surface area contributed by atoms with Gasteiger partial charge >= 0.3 is 0 Å². The van der Waals surface area contributed by atoms with E-state index in [1.165, 1.54) is 6.42 Å². The van der Waals surface area contributed by atoms with Gasteiger partial charge in [-0.2, -0.15) is 0 Å². The van der Waals surface area contributed by atoms with E-state index in [-0.39, 0.29) is 5.84 Å². The lowest BCUT2D eigenvalue weighted by molar-refractivity contribution is 0.318. The summed E-state index contributed by atoms with van der Waals surface area (Å²) in [5, 5.41) is 15.1. The predicted molar refractivity (Wildman–Crippen MR) is 77.1 cm³/mol. The van der Waals surface area contributed by atoms with Gasteiger partial charge in [0, 0.05) is 18.8 Å². The molecule has 0 fully saturated rings. The molecule has 0 spiro atoms.